The molecule has 2 amide bonds. The largest absolute Gasteiger partial charge is 0.469 e. The molecule has 29 heavy (non-hydrogen) atoms. The van der Waals surface area contributed by atoms with Crippen LogP contribution in [0.15, 0.2) is 30.3 Å². The Morgan fingerprint density at radius 2 is 1.66 bits per heavy atom. The van der Waals surface area contributed by atoms with Gasteiger partial charge in [-0.25, -0.2) is 9.59 Å². The van der Waals surface area contributed by atoms with Gasteiger partial charge in [0.2, 0.25) is 0 Å². The highest BCUT2D eigenvalue weighted by atomic mass is 16.6. The fraction of sp³-hybridized carbons (Fsp3) is 0.571. The van der Waals surface area contributed by atoms with E-state index in [9.17, 15) is 14.4 Å². The van der Waals surface area contributed by atoms with Gasteiger partial charge in [-0.3, -0.25) is 4.79 Å². The topological polar surface area (TPSA) is 103 Å². The Hall–Kier alpha value is -2.77. The molecule has 8 nitrogen and oxygen atoms in total. The predicted molar refractivity (Wildman–Crippen MR) is 106 cm³/mol. The molecule has 0 heterocycles. The van der Waals surface area contributed by atoms with Gasteiger partial charge in [-0.15, -0.1) is 0 Å². The lowest BCUT2D eigenvalue weighted by atomic mass is 9.82. The van der Waals surface area contributed by atoms with E-state index in [1.165, 1.54) is 7.11 Å². The second kappa shape index (κ2) is 10.1. The summed E-state index contributed by atoms with van der Waals surface area (Å²) in [6.07, 6.45) is 0.212. The average molecular weight is 406 g/mol. The number of methoxy groups -OCH3 is 1. The number of amides is 2. The molecule has 3 atom stereocenters. The molecule has 1 aromatic rings. The minimum Gasteiger partial charge on any atom is -0.469 e. The van der Waals surface area contributed by atoms with Crippen molar-refractivity contribution in [3.63, 3.8) is 0 Å². The van der Waals surface area contributed by atoms with E-state index in [2.05, 4.69) is 10.6 Å². The van der Waals surface area contributed by atoms with E-state index in [4.69, 9.17) is 14.2 Å². The minimum absolute atomic E-state index is 0.129. The van der Waals surface area contributed by atoms with Gasteiger partial charge in [0.15, 0.2) is 0 Å². The van der Waals surface area contributed by atoms with Crippen LogP contribution in [-0.2, 0) is 25.6 Å². The van der Waals surface area contributed by atoms with Crippen LogP contribution in [0.1, 0.15) is 45.6 Å². The summed E-state index contributed by atoms with van der Waals surface area (Å²) in [6.45, 7) is 5.45. The quantitative estimate of drug-likeness (QED) is 0.575. The summed E-state index contributed by atoms with van der Waals surface area (Å²) in [7, 11) is 1.34. The highest BCUT2D eigenvalue weighted by molar-refractivity contribution is 5.73. The van der Waals surface area contributed by atoms with Crippen LogP contribution in [0.3, 0.4) is 0 Å². The molecule has 1 saturated carbocycles. The van der Waals surface area contributed by atoms with Crippen LogP contribution in [-0.4, -0.2) is 43.0 Å². The summed E-state index contributed by atoms with van der Waals surface area (Å²) in [5.41, 5.74) is 0.229. The highest BCUT2D eigenvalue weighted by Crippen LogP contribution is 2.26. The lowest BCUT2D eigenvalue weighted by Crippen LogP contribution is -2.56. The highest BCUT2D eigenvalue weighted by Gasteiger charge is 2.37. The Morgan fingerprint density at radius 3 is 2.28 bits per heavy atom. The van der Waals surface area contributed by atoms with Crippen LogP contribution in [0.25, 0.3) is 0 Å². The van der Waals surface area contributed by atoms with Gasteiger partial charge in [-0.2, -0.15) is 0 Å². The number of ether oxygens (including phenoxy) is 3. The number of hydrogen-bond donors (Lipinski definition) is 2. The van der Waals surface area contributed by atoms with Crippen molar-refractivity contribution in [2.45, 2.75) is 64.3 Å². The summed E-state index contributed by atoms with van der Waals surface area (Å²) in [5, 5.41) is 5.58. The van der Waals surface area contributed by atoms with E-state index in [1.54, 1.807) is 20.8 Å². The van der Waals surface area contributed by atoms with Crippen LogP contribution in [0, 0.1) is 5.92 Å². The Morgan fingerprint density at radius 1 is 1.00 bits per heavy atom. The molecule has 1 fully saturated rings. The number of nitrogens with one attached hydrogen (secondary N) is 2. The number of carbonyl (C=O) groups excluding carboxylic acids is 3. The van der Waals surface area contributed by atoms with E-state index in [1.807, 2.05) is 30.3 Å². The van der Waals surface area contributed by atoms with Gasteiger partial charge < -0.3 is 24.8 Å². The lowest BCUT2D eigenvalue weighted by Gasteiger charge is -2.36. The van der Waals surface area contributed by atoms with Crippen molar-refractivity contribution >= 4 is 18.2 Å². The first-order valence-electron chi connectivity index (χ1n) is 9.72. The third kappa shape index (κ3) is 7.63. The molecule has 2 N–H and O–H groups in total. The number of alkyl carbamates (subject to hydrolysis) is 2. The molecule has 0 aromatic heterocycles. The smallest absolute Gasteiger partial charge is 0.407 e. The maximum atomic E-state index is 12.3. The lowest BCUT2D eigenvalue weighted by molar-refractivity contribution is -0.147. The molecule has 0 saturated heterocycles. The average Bonchev–Trinajstić information content (AvgIpc) is 2.66. The van der Waals surface area contributed by atoms with Gasteiger partial charge in [-0.1, -0.05) is 30.3 Å². The van der Waals surface area contributed by atoms with E-state index in [0.717, 1.165) is 5.56 Å². The van der Waals surface area contributed by atoms with Gasteiger partial charge in [0.25, 0.3) is 0 Å². The Kier molecular flexibility index (Phi) is 7.87. The van der Waals surface area contributed by atoms with Gasteiger partial charge >= 0.3 is 18.2 Å². The predicted octanol–water partition coefficient (Wildman–Crippen LogP) is 3.15. The first-order valence-corrected chi connectivity index (χ1v) is 9.72. The standard InChI is InChI=1S/C21H30N2O6/c1-21(2,3)29-20(26)22-16-11-10-15(18(24)27-4)12-17(16)23-19(25)28-13-14-8-6-5-7-9-14/h5-9,15-17H,10-13H2,1-4H3,(H,22,26)(H,23,25)/t15-,16+,17-/m0/s1. The number of benzene rings is 1. The van der Waals surface area contributed by atoms with Crippen molar-refractivity contribution in [3.8, 4) is 0 Å². The second-order valence-electron chi connectivity index (χ2n) is 8.10. The molecule has 0 aliphatic heterocycles. The third-order valence-electron chi connectivity index (χ3n) is 4.60. The van der Waals surface area contributed by atoms with Crippen LogP contribution in [0.4, 0.5) is 9.59 Å². The number of esters is 1. The second-order valence-corrected chi connectivity index (χ2v) is 8.10. The van der Waals surface area contributed by atoms with E-state index in [-0.39, 0.29) is 24.5 Å². The van der Waals surface area contributed by atoms with Crippen molar-refractivity contribution < 1.29 is 28.6 Å². The molecule has 1 aliphatic carbocycles. The molecule has 0 spiro atoms. The first-order chi connectivity index (χ1) is 13.7. The zero-order valence-corrected chi connectivity index (χ0v) is 17.4. The molecule has 0 unspecified atom stereocenters. The van der Waals surface area contributed by atoms with Crippen molar-refractivity contribution in [2.24, 2.45) is 5.92 Å². The Balaban J connectivity index is 1.98. The molecule has 0 bridgehead atoms. The number of rotatable bonds is 5. The first kappa shape index (κ1) is 22.5. The molecular weight excluding hydrogens is 376 g/mol. The summed E-state index contributed by atoms with van der Waals surface area (Å²) >= 11 is 0. The molecular formula is C21H30N2O6. The van der Waals surface area contributed by atoms with Gasteiger partial charge in [0, 0.05) is 0 Å². The third-order valence-corrected chi connectivity index (χ3v) is 4.60. The monoisotopic (exact) mass is 406 g/mol. The van der Waals surface area contributed by atoms with Crippen LogP contribution >= 0.6 is 0 Å². The molecule has 160 valence electrons. The van der Waals surface area contributed by atoms with Crippen molar-refractivity contribution in [2.75, 3.05) is 7.11 Å². The minimum atomic E-state index is -0.634. The maximum absolute atomic E-state index is 12.3. The molecule has 1 aromatic carbocycles. The molecule has 2 rings (SSSR count). The Bertz CT molecular complexity index is 701. The van der Waals surface area contributed by atoms with Crippen LogP contribution < -0.4 is 10.6 Å². The van der Waals surface area contributed by atoms with Gasteiger partial charge in [0.1, 0.15) is 12.2 Å². The van der Waals surface area contributed by atoms with Crippen molar-refractivity contribution in [1.82, 2.24) is 10.6 Å². The van der Waals surface area contributed by atoms with Gasteiger partial charge in [-0.05, 0) is 45.6 Å². The SMILES string of the molecule is COC(=O)[C@H]1CC[C@@H](NC(=O)OC(C)(C)C)[C@@H](NC(=O)OCc2ccccc2)C1. The van der Waals surface area contributed by atoms with Crippen molar-refractivity contribution in [3.05, 3.63) is 35.9 Å². The number of carbonyl (C=O) groups is 3. The fourth-order valence-corrected chi connectivity index (χ4v) is 3.26. The molecule has 0 radical (unpaired) electrons. The fourth-order valence-electron chi connectivity index (χ4n) is 3.26. The maximum Gasteiger partial charge on any atom is 0.407 e. The van der Waals surface area contributed by atoms with Crippen molar-refractivity contribution in [1.29, 1.82) is 0 Å². The summed E-state index contributed by atoms with van der Waals surface area (Å²) in [4.78, 5) is 36.4. The summed E-state index contributed by atoms with van der Waals surface area (Å²) in [6, 6.07) is 8.45. The van der Waals surface area contributed by atoms with Gasteiger partial charge in [0.05, 0.1) is 25.1 Å². The van der Waals surface area contributed by atoms with E-state index < -0.39 is 23.8 Å². The molecule has 1 aliphatic rings. The number of hydrogen-bond acceptors (Lipinski definition) is 6. The van der Waals surface area contributed by atoms with E-state index in [0.29, 0.717) is 19.3 Å². The van der Waals surface area contributed by atoms with Crippen LogP contribution in [0.2, 0.25) is 0 Å². The zero-order chi connectivity index (χ0) is 21.4. The normalized spacial score (nSPS) is 21.6. The summed E-state index contributed by atoms with van der Waals surface area (Å²) < 4.78 is 15.4. The van der Waals surface area contributed by atoms with E-state index >= 15 is 0 Å². The van der Waals surface area contributed by atoms with Crippen LogP contribution in [0.5, 0.6) is 0 Å². The molecule has 8 heteroatoms. The zero-order valence-electron chi connectivity index (χ0n) is 17.4. The Labute approximate surface area is 171 Å². The summed E-state index contributed by atoms with van der Waals surface area (Å²) in [5.74, 6) is -0.679.